The van der Waals surface area contributed by atoms with Crippen LogP contribution in [0.4, 0.5) is 0 Å². The maximum atomic E-state index is 10.9. The molecule has 0 fully saturated rings. The Bertz CT molecular complexity index is 3420. The lowest BCUT2D eigenvalue weighted by molar-refractivity contribution is 1.13. The summed E-state index contributed by atoms with van der Waals surface area (Å²) in [6.07, 6.45) is 0. The molecule has 5 heteroatoms. The average molecular weight is 700 g/mol. The second kappa shape index (κ2) is 11.8. The molecule has 0 aliphatic carbocycles. The van der Waals surface area contributed by atoms with Crippen LogP contribution in [0.5, 0.6) is 0 Å². The fourth-order valence-electron chi connectivity index (χ4n) is 8.89. The van der Waals surface area contributed by atoms with Crippen molar-refractivity contribution in [2.75, 3.05) is 0 Å². The van der Waals surface area contributed by atoms with E-state index in [-0.39, 0.29) is 0 Å². The van der Waals surface area contributed by atoms with Crippen LogP contribution in [0.15, 0.2) is 176 Å². The third kappa shape index (κ3) is 4.33. The lowest BCUT2D eigenvalue weighted by atomic mass is 9.98. The zero-order valence-corrected chi connectivity index (χ0v) is 29.5. The molecule has 0 aliphatic heterocycles. The molecule has 0 bridgehead atoms. The number of nitriles is 2. The maximum absolute atomic E-state index is 10.9. The Morgan fingerprint density at radius 2 is 0.855 bits per heavy atom. The highest BCUT2D eigenvalue weighted by atomic mass is 15.1. The summed E-state index contributed by atoms with van der Waals surface area (Å²) in [6.45, 7) is 0. The zero-order valence-electron chi connectivity index (χ0n) is 29.5. The van der Waals surface area contributed by atoms with E-state index in [9.17, 15) is 10.5 Å². The first-order chi connectivity index (χ1) is 27.2. The Morgan fingerprint density at radius 1 is 0.364 bits per heavy atom. The van der Waals surface area contributed by atoms with Crippen molar-refractivity contribution in [2.45, 2.75) is 0 Å². The molecular weight excluding hydrogens is 671 g/mol. The molecule has 5 nitrogen and oxygen atoms in total. The number of nitrogens with zero attached hydrogens (tertiary/aromatic N) is 5. The normalized spacial score (nSPS) is 11.6. The minimum absolute atomic E-state index is 0.545. The fraction of sp³-hybridized carbons (Fsp3) is 0. The minimum atomic E-state index is 0.545. The van der Waals surface area contributed by atoms with Gasteiger partial charge in [0.05, 0.1) is 55.6 Å². The average Bonchev–Trinajstić information content (AvgIpc) is 3.89. The van der Waals surface area contributed by atoms with Gasteiger partial charge in [-0.3, -0.25) is 0 Å². The van der Waals surface area contributed by atoms with Gasteiger partial charge in [0.15, 0.2) is 0 Å². The summed E-state index contributed by atoms with van der Waals surface area (Å²) in [4.78, 5) is 0. The Kier molecular flexibility index (Phi) is 6.61. The van der Waals surface area contributed by atoms with E-state index in [1.807, 2.05) is 48.5 Å². The molecule has 55 heavy (non-hydrogen) atoms. The van der Waals surface area contributed by atoms with Gasteiger partial charge in [-0.05, 0) is 60.2 Å². The topological polar surface area (TPSA) is 62.4 Å². The molecule has 0 N–H and O–H groups in total. The predicted octanol–water partition coefficient (Wildman–Crippen LogP) is 12.4. The molecule has 0 radical (unpaired) electrons. The van der Waals surface area contributed by atoms with Crippen molar-refractivity contribution in [3.05, 3.63) is 187 Å². The highest BCUT2D eigenvalue weighted by Crippen LogP contribution is 2.41. The number of hydrogen-bond acceptors (Lipinski definition) is 2. The summed E-state index contributed by atoms with van der Waals surface area (Å²) in [5.74, 6) is 0. The molecule has 0 saturated heterocycles. The molecule has 0 saturated carbocycles. The molecule has 0 atom stereocenters. The van der Waals surface area contributed by atoms with Crippen molar-refractivity contribution in [1.29, 1.82) is 10.5 Å². The van der Waals surface area contributed by atoms with Gasteiger partial charge in [-0.25, -0.2) is 0 Å². The molecule has 11 rings (SSSR count). The van der Waals surface area contributed by atoms with Gasteiger partial charge in [0.1, 0.15) is 12.1 Å². The lowest BCUT2D eigenvalue weighted by Crippen LogP contribution is -2.02. The van der Waals surface area contributed by atoms with Gasteiger partial charge >= 0.3 is 0 Å². The first-order valence-electron chi connectivity index (χ1n) is 18.3. The van der Waals surface area contributed by atoms with E-state index in [1.54, 1.807) is 0 Å². The van der Waals surface area contributed by atoms with E-state index in [0.29, 0.717) is 11.1 Å². The number of aromatic nitrogens is 3. The molecule has 3 heterocycles. The number of rotatable bonds is 4. The standard InChI is InChI=1S/C50H29N5/c51-30-33-14-10-21-40-38-18-4-8-26-46(38)55(49(33)40)47-27-11-20-35(42(47)31-52)32-13-9-15-34(29-32)53-43-23-5-3-19-39(43)41-22-12-28-48(50(41)53)54-44-24-6-1-16-36(44)37-17-2-7-25-45(37)54/h1-29H. The number of para-hydroxylation sites is 6. The van der Waals surface area contributed by atoms with Crippen LogP contribution in [-0.4, -0.2) is 13.7 Å². The van der Waals surface area contributed by atoms with Crippen molar-refractivity contribution in [1.82, 2.24) is 13.7 Å². The van der Waals surface area contributed by atoms with Crippen LogP contribution >= 0.6 is 0 Å². The fourth-order valence-corrected chi connectivity index (χ4v) is 8.89. The van der Waals surface area contributed by atoms with Gasteiger partial charge < -0.3 is 13.7 Å². The van der Waals surface area contributed by atoms with Crippen LogP contribution in [0.3, 0.4) is 0 Å². The van der Waals surface area contributed by atoms with E-state index in [1.165, 1.54) is 21.5 Å². The molecule has 254 valence electrons. The van der Waals surface area contributed by atoms with Crippen LogP contribution in [0.1, 0.15) is 11.1 Å². The highest BCUT2D eigenvalue weighted by Gasteiger charge is 2.22. The van der Waals surface area contributed by atoms with Gasteiger partial charge in [-0.15, -0.1) is 0 Å². The van der Waals surface area contributed by atoms with E-state index in [4.69, 9.17) is 0 Å². The molecule has 0 amide bonds. The second-order valence-corrected chi connectivity index (χ2v) is 13.9. The quantitative estimate of drug-likeness (QED) is 0.184. The van der Waals surface area contributed by atoms with Gasteiger partial charge in [-0.1, -0.05) is 121 Å². The van der Waals surface area contributed by atoms with E-state index in [0.717, 1.165) is 72.1 Å². The minimum Gasteiger partial charge on any atom is -0.307 e. The van der Waals surface area contributed by atoms with Crippen LogP contribution in [0.25, 0.3) is 93.6 Å². The lowest BCUT2D eigenvalue weighted by Gasteiger charge is -2.16. The smallest absolute Gasteiger partial charge is 0.102 e. The molecule has 3 aromatic heterocycles. The first kappa shape index (κ1) is 30.7. The molecule has 0 spiro atoms. The molecule has 11 aromatic rings. The summed E-state index contributed by atoms with van der Waals surface area (Å²) < 4.78 is 6.85. The zero-order chi connectivity index (χ0) is 36.6. The van der Waals surface area contributed by atoms with Crippen molar-refractivity contribution >= 4 is 65.4 Å². The van der Waals surface area contributed by atoms with Gasteiger partial charge in [0.25, 0.3) is 0 Å². The van der Waals surface area contributed by atoms with Gasteiger partial charge in [-0.2, -0.15) is 10.5 Å². The number of fused-ring (bicyclic) bond motifs is 9. The van der Waals surface area contributed by atoms with Crippen molar-refractivity contribution in [3.63, 3.8) is 0 Å². The van der Waals surface area contributed by atoms with Crippen molar-refractivity contribution in [3.8, 4) is 40.3 Å². The Hall–Kier alpha value is -7.86. The van der Waals surface area contributed by atoms with Crippen molar-refractivity contribution < 1.29 is 0 Å². The van der Waals surface area contributed by atoms with Gasteiger partial charge in [0.2, 0.25) is 0 Å². The Morgan fingerprint density at radius 3 is 1.49 bits per heavy atom. The monoisotopic (exact) mass is 699 g/mol. The second-order valence-electron chi connectivity index (χ2n) is 13.9. The Balaban J connectivity index is 1.18. The largest absolute Gasteiger partial charge is 0.307 e. The van der Waals surface area contributed by atoms with Crippen LogP contribution < -0.4 is 0 Å². The summed E-state index contributed by atoms with van der Waals surface area (Å²) in [5.41, 5.74) is 12.0. The van der Waals surface area contributed by atoms with E-state index >= 15 is 0 Å². The molecule has 8 aromatic carbocycles. The summed E-state index contributed by atoms with van der Waals surface area (Å²) in [6, 6.07) is 65.9. The predicted molar refractivity (Wildman–Crippen MR) is 224 cm³/mol. The molecule has 0 aliphatic rings. The SMILES string of the molecule is N#Cc1c(-c2cccc(-n3c4ccccc4c4cccc(-n5c6ccccc6c6ccccc65)c43)c2)cccc1-n1c2ccccc2c2cccc(C#N)c21. The maximum Gasteiger partial charge on any atom is 0.102 e. The van der Waals surface area contributed by atoms with Gasteiger partial charge in [0, 0.05) is 43.6 Å². The molecular formula is C50H29N5. The Labute approximate surface area is 316 Å². The third-order valence-electron chi connectivity index (χ3n) is 11.1. The summed E-state index contributed by atoms with van der Waals surface area (Å²) in [5, 5.41) is 28.0. The summed E-state index contributed by atoms with van der Waals surface area (Å²) >= 11 is 0. The first-order valence-corrected chi connectivity index (χ1v) is 18.3. The summed E-state index contributed by atoms with van der Waals surface area (Å²) in [7, 11) is 0. The van der Waals surface area contributed by atoms with E-state index in [2.05, 4.69) is 153 Å². The van der Waals surface area contributed by atoms with Crippen LogP contribution in [-0.2, 0) is 0 Å². The van der Waals surface area contributed by atoms with Crippen LogP contribution in [0.2, 0.25) is 0 Å². The third-order valence-corrected chi connectivity index (χ3v) is 11.1. The molecule has 0 unspecified atom stereocenters. The van der Waals surface area contributed by atoms with Crippen molar-refractivity contribution in [2.24, 2.45) is 0 Å². The number of benzene rings is 8. The van der Waals surface area contributed by atoms with E-state index < -0.39 is 0 Å². The number of hydrogen-bond donors (Lipinski definition) is 0. The van der Waals surface area contributed by atoms with Crippen LogP contribution in [0, 0.1) is 22.7 Å². The highest BCUT2D eigenvalue weighted by molar-refractivity contribution is 6.15.